The third-order valence-electron chi connectivity index (χ3n) is 2.00. The molecule has 2 heteroatoms. The Morgan fingerprint density at radius 2 is 2.00 bits per heavy atom. The SMILES string of the molecule is CC(COCCN)c1ccccc1. The number of benzene rings is 1. The van der Waals surface area contributed by atoms with E-state index in [9.17, 15) is 0 Å². The maximum absolute atomic E-state index is 5.37. The van der Waals surface area contributed by atoms with Crippen LogP contribution in [0.4, 0.5) is 0 Å². The Kier molecular flexibility index (Phi) is 4.50. The zero-order valence-electron chi connectivity index (χ0n) is 8.07. The summed E-state index contributed by atoms with van der Waals surface area (Å²) in [5.74, 6) is 0.452. The maximum atomic E-state index is 5.37. The van der Waals surface area contributed by atoms with E-state index in [4.69, 9.17) is 10.5 Å². The number of ether oxygens (including phenoxy) is 1. The van der Waals surface area contributed by atoms with Crippen LogP contribution in [0.1, 0.15) is 18.4 Å². The zero-order chi connectivity index (χ0) is 9.52. The fourth-order valence-electron chi connectivity index (χ4n) is 1.22. The van der Waals surface area contributed by atoms with Crippen molar-refractivity contribution in [2.75, 3.05) is 19.8 Å². The first-order valence-corrected chi connectivity index (χ1v) is 4.67. The molecule has 0 saturated carbocycles. The molecule has 1 rings (SSSR count). The summed E-state index contributed by atoms with van der Waals surface area (Å²) in [4.78, 5) is 0. The predicted molar refractivity (Wildman–Crippen MR) is 54.7 cm³/mol. The minimum atomic E-state index is 0.452. The molecule has 2 N–H and O–H groups in total. The van der Waals surface area contributed by atoms with Crippen molar-refractivity contribution in [1.29, 1.82) is 0 Å². The van der Waals surface area contributed by atoms with Gasteiger partial charge in [-0.2, -0.15) is 0 Å². The molecule has 1 atom stereocenters. The molecule has 0 fully saturated rings. The molecule has 1 aromatic carbocycles. The second kappa shape index (κ2) is 5.73. The first-order chi connectivity index (χ1) is 6.34. The van der Waals surface area contributed by atoms with Crippen LogP contribution in [0.25, 0.3) is 0 Å². The smallest absolute Gasteiger partial charge is 0.0589 e. The zero-order valence-corrected chi connectivity index (χ0v) is 8.07. The third kappa shape index (κ3) is 3.57. The predicted octanol–water partition coefficient (Wildman–Crippen LogP) is 1.77. The van der Waals surface area contributed by atoms with E-state index >= 15 is 0 Å². The fraction of sp³-hybridized carbons (Fsp3) is 0.455. The van der Waals surface area contributed by atoms with Crippen LogP contribution in [-0.4, -0.2) is 19.8 Å². The van der Waals surface area contributed by atoms with Crippen LogP contribution >= 0.6 is 0 Å². The summed E-state index contributed by atoms with van der Waals surface area (Å²) in [5, 5.41) is 0. The molecule has 0 aliphatic carbocycles. The van der Waals surface area contributed by atoms with Crippen molar-refractivity contribution in [3.8, 4) is 0 Å². The van der Waals surface area contributed by atoms with E-state index in [1.807, 2.05) is 6.07 Å². The highest BCUT2D eigenvalue weighted by molar-refractivity contribution is 5.18. The normalized spacial score (nSPS) is 12.8. The van der Waals surface area contributed by atoms with E-state index in [1.165, 1.54) is 5.56 Å². The van der Waals surface area contributed by atoms with Gasteiger partial charge in [0.25, 0.3) is 0 Å². The standard InChI is InChI=1S/C11H17NO/c1-10(9-13-8-7-12)11-5-3-2-4-6-11/h2-6,10H,7-9,12H2,1H3. The van der Waals surface area contributed by atoms with Gasteiger partial charge in [0, 0.05) is 12.5 Å². The average molecular weight is 179 g/mol. The molecule has 0 aliphatic heterocycles. The van der Waals surface area contributed by atoms with Gasteiger partial charge >= 0.3 is 0 Å². The van der Waals surface area contributed by atoms with E-state index in [0.717, 1.165) is 6.61 Å². The van der Waals surface area contributed by atoms with Crippen molar-refractivity contribution in [2.45, 2.75) is 12.8 Å². The molecule has 1 unspecified atom stereocenters. The van der Waals surface area contributed by atoms with E-state index in [1.54, 1.807) is 0 Å². The number of rotatable bonds is 5. The lowest BCUT2D eigenvalue weighted by Gasteiger charge is -2.11. The Balaban J connectivity index is 2.35. The van der Waals surface area contributed by atoms with Gasteiger partial charge in [-0.3, -0.25) is 0 Å². The van der Waals surface area contributed by atoms with Crippen molar-refractivity contribution < 1.29 is 4.74 Å². The van der Waals surface area contributed by atoms with Gasteiger partial charge in [-0.15, -0.1) is 0 Å². The summed E-state index contributed by atoms with van der Waals surface area (Å²) in [6.45, 7) is 4.16. The first-order valence-electron chi connectivity index (χ1n) is 4.67. The Hall–Kier alpha value is -0.860. The van der Waals surface area contributed by atoms with Crippen LogP contribution in [0.15, 0.2) is 30.3 Å². The van der Waals surface area contributed by atoms with Crippen LogP contribution in [0.5, 0.6) is 0 Å². The Morgan fingerprint density at radius 1 is 1.31 bits per heavy atom. The summed E-state index contributed by atoms with van der Waals surface area (Å²) in [6, 6.07) is 10.4. The van der Waals surface area contributed by atoms with E-state index in [2.05, 4.69) is 31.2 Å². The van der Waals surface area contributed by atoms with Crippen LogP contribution in [-0.2, 0) is 4.74 Å². The van der Waals surface area contributed by atoms with E-state index < -0.39 is 0 Å². The fourth-order valence-corrected chi connectivity index (χ4v) is 1.22. The lowest BCUT2D eigenvalue weighted by molar-refractivity contribution is 0.130. The largest absolute Gasteiger partial charge is 0.380 e. The molecule has 13 heavy (non-hydrogen) atoms. The molecule has 0 radical (unpaired) electrons. The summed E-state index contributed by atoms with van der Waals surface area (Å²) >= 11 is 0. The van der Waals surface area contributed by atoms with Gasteiger partial charge in [0.2, 0.25) is 0 Å². The lowest BCUT2D eigenvalue weighted by Crippen LogP contribution is -2.12. The van der Waals surface area contributed by atoms with Crippen LogP contribution in [0, 0.1) is 0 Å². The minimum absolute atomic E-state index is 0.452. The maximum Gasteiger partial charge on any atom is 0.0589 e. The van der Waals surface area contributed by atoms with Crippen LogP contribution < -0.4 is 5.73 Å². The van der Waals surface area contributed by atoms with Crippen molar-refractivity contribution in [3.63, 3.8) is 0 Å². The highest BCUT2D eigenvalue weighted by atomic mass is 16.5. The summed E-state index contributed by atoms with van der Waals surface area (Å²) in [6.07, 6.45) is 0. The van der Waals surface area contributed by atoms with E-state index in [0.29, 0.717) is 19.1 Å². The number of hydrogen-bond donors (Lipinski definition) is 1. The molecule has 72 valence electrons. The molecule has 0 aromatic heterocycles. The summed E-state index contributed by atoms with van der Waals surface area (Å²) in [7, 11) is 0. The molecular formula is C11H17NO. The van der Waals surface area contributed by atoms with E-state index in [-0.39, 0.29) is 0 Å². The Bertz CT molecular complexity index is 223. The highest BCUT2D eigenvalue weighted by Crippen LogP contribution is 2.14. The van der Waals surface area contributed by atoms with Gasteiger partial charge in [0.1, 0.15) is 0 Å². The third-order valence-corrected chi connectivity index (χ3v) is 2.00. The van der Waals surface area contributed by atoms with Crippen molar-refractivity contribution in [3.05, 3.63) is 35.9 Å². The second-order valence-electron chi connectivity index (χ2n) is 3.18. The average Bonchev–Trinajstić information content (AvgIpc) is 2.19. The van der Waals surface area contributed by atoms with Crippen molar-refractivity contribution in [1.82, 2.24) is 0 Å². The quantitative estimate of drug-likeness (QED) is 0.699. The summed E-state index contributed by atoms with van der Waals surface area (Å²) < 4.78 is 5.37. The molecule has 0 saturated heterocycles. The van der Waals surface area contributed by atoms with Gasteiger partial charge in [0.05, 0.1) is 13.2 Å². The van der Waals surface area contributed by atoms with Crippen LogP contribution in [0.2, 0.25) is 0 Å². The van der Waals surface area contributed by atoms with Crippen molar-refractivity contribution in [2.24, 2.45) is 5.73 Å². The second-order valence-corrected chi connectivity index (χ2v) is 3.18. The summed E-state index contributed by atoms with van der Waals surface area (Å²) in [5.41, 5.74) is 6.65. The Labute approximate surface area is 79.7 Å². The lowest BCUT2D eigenvalue weighted by atomic mass is 10.0. The number of hydrogen-bond acceptors (Lipinski definition) is 2. The number of nitrogens with two attached hydrogens (primary N) is 1. The van der Waals surface area contributed by atoms with Gasteiger partial charge in [0.15, 0.2) is 0 Å². The Morgan fingerprint density at radius 3 is 2.62 bits per heavy atom. The van der Waals surface area contributed by atoms with Gasteiger partial charge in [-0.1, -0.05) is 37.3 Å². The minimum Gasteiger partial charge on any atom is -0.380 e. The molecule has 0 bridgehead atoms. The monoisotopic (exact) mass is 179 g/mol. The van der Waals surface area contributed by atoms with Gasteiger partial charge in [-0.05, 0) is 5.56 Å². The van der Waals surface area contributed by atoms with Crippen molar-refractivity contribution >= 4 is 0 Å². The molecular weight excluding hydrogens is 162 g/mol. The molecule has 1 aromatic rings. The molecule has 2 nitrogen and oxygen atoms in total. The molecule has 0 amide bonds. The first kappa shape index (κ1) is 10.2. The highest BCUT2D eigenvalue weighted by Gasteiger charge is 2.03. The van der Waals surface area contributed by atoms with Crippen LogP contribution in [0.3, 0.4) is 0 Å². The molecule has 0 spiro atoms. The molecule has 0 aliphatic rings. The molecule has 0 heterocycles. The van der Waals surface area contributed by atoms with Gasteiger partial charge in [-0.25, -0.2) is 0 Å². The topological polar surface area (TPSA) is 35.2 Å². The van der Waals surface area contributed by atoms with Gasteiger partial charge < -0.3 is 10.5 Å².